The maximum atomic E-state index is 12.8. The molecule has 1 aromatic carbocycles. The van der Waals surface area contributed by atoms with E-state index in [4.69, 9.17) is 4.74 Å². The van der Waals surface area contributed by atoms with Crippen molar-refractivity contribution in [2.24, 2.45) is 0 Å². The summed E-state index contributed by atoms with van der Waals surface area (Å²) in [5.74, 6) is 0.168. The lowest BCUT2D eigenvalue weighted by molar-refractivity contribution is -0.119. The lowest BCUT2D eigenvalue weighted by atomic mass is 9.95. The van der Waals surface area contributed by atoms with Crippen LogP contribution >= 0.6 is 0 Å². The van der Waals surface area contributed by atoms with Gasteiger partial charge in [-0.2, -0.15) is 0 Å². The normalized spacial score (nSPS) is 26.7. The Bertz CT molecular complexity index is 692. The molecule has 0 N–H and O–H groups in total. The SMILES string of the molecule is CN1CC2(CCCN(CC(=O)N3CCc4ccccc43)CC2)OC1=O. The quantitative estimate of drug-likeness (QED) is 0.823. The van der Waals surface area contributed by atoms with Crippen molar-refractivity contribution in [3.63, 3.8) is 0 Å². The highest BCUT2D eigenvalue weighted by Crippen LogP contribution is 2.33. The van der Waals surface area contributed by atoms with Crippen LogP contribution < -0.4 is 4.90 Å². The van der Waals surface area contributed by atoms with Gasteiger partial charge in [-0.1, -0.05) is 18.2 Å². The van der Waals surface area contributed by atoms with Crippen LogP contribution in [0.15, 0.2) is 24.3 Å². The van der Waals surface area contributed by atoms with Crippen molar-refractivity contribution in [1.82, 2.24) is 9.80 Å². The fraction of sp³-hybridized carbons (Fsp3) is 0.579. The second-order valence-electron chi connectivity index (χ2n) is 7.46. The van der Waals surface area contributed by atoms with Crippen molar-refractivity contribution in [2.75, 3.05) is 44.7 Å². The maximum Gasteiger partial charge on any atom is 0.410 e. The number of benzene rings is 1. The molecule has 3 heterocycles. The third kappa shape index (κ3) is 3.11. The Hall–Kier alpha value is -2.08. The van der Waals surface area contributed by atoms with Crippen LogP contribution in [0.2, 0.25) is 0 Å². The number of fused-ring (bicyclic) bond motifs is 1. The number of carbonyl (C=O) groups is 2. The van der Waals surface area contributed by atoms with Gasteiger partial charge in [-0.25, -0.2) is 4.79 Å². The number of carbonyl (C=O) groups excluding carboxylic acids is 2. The monoisotopic (exact) mass is 343 g/mol. The molecule has 134 valence electrons. The van der Waals surface area contributed by atoms with Gasteiger partial charge in [0.15, 0.2) is 0 Å². The fourth-order valence-electron chi connectivity index (χ4n) is 4.31. The maximum absolute atomic E-state index is 12.8. The Morgan fingerprint density at radius 2 is 2.04 bits per heavy atom. The number of hydrogen-bond donors (Lipinski definition) is 0. The van der Waals surface area contributed by atoms with Gasteiger partial charge in [-0.15, -0.1) is 0 Å². The molecule has 0 aliphatic carbocycles. The second-order valence-corrected chi connectivity index (χ2v) is 7.46. The number of hydrogen-bond acceptors (Lipinski definition) is 4. The van der Waals surface area contributed by atoms with Crippen LogP contribution in [0.4, 0.5) is 10.5 Å². The molecule has 0 aromatic heterocycles. The summed E-state index contributed by atoms with van der Waals surface area (Å²) in [5, 5.41) is 0. The number of nitrogens with zero attached hydrogens (tertiary/aromatic N) is 3. The Morgan fingerprint density at radius 1 is 1.20 bits per heavy atom. The molecule has 1 unspecified atom stereocenters. The minimum absolute atomic E-state index is 0.168. The molecule has 1 aromatic rings. The lowest BCUT2D eigenvalue weighted by Gasteiger charge is -2.26. The Kier molecular flexibility index (Phi) is 4.15. The van der Waals surface area contributed by atoms with Crippen LogP contribution in [0.1, 0.15) is 24.8 Å². The lowest BCUT2D eigenvalue weighted by Crippen LogP contribution is -2.41. The minimum atomic E-state index is -0.357. The van der Waals surface area contributed by atoms with E-state index in [0.717, 1.165) is 51.0 Å². The van der Waals surface area contributed by atoms with E-state index in [1.165, 1.54) is 5.56 Å². The zero-order chi connectivity index (χ0) is 17.4. The van der Waals surface area contributed by atoms with Gasteiger partial charge in [-0.3, -0.25) is 9.69 Å². The Morgan fingerprint density at radius 3 is 2.84 bits per heavy atom. The number of likely N-dealkylation sites (N-methyl/N-ethyl adjacent to an activating group) is 1. The number of amides is 2. The van der Waals surface area contributed by atoms with E-state index in [1.807, 2.05) is 23.1 Å². The topological polar surface area (TPSA) is 53.1 Å². The number of likely N-dealkylation sites (tertiary alicyclic amines) is 1. The van der Waals surface area contributed by atoms with Crippen LogP contribution in [0.5, 0.6) is 0 Å². The van der Waals surface area contributed by atoms with Gasteiger partial charge in [0.1, 0.15) is 5.60 Å². The first-order valence-electron chi connectivity index (χ1n) is 9.11. The van der Waals surface area contributed by atoms with Crippen LogP contribution in [-0.2, 0) is 16.0 Å². The molecule has 3 aliphatic rings. The molecule has 0 saturated carbocycles. The Labute approximate surface area is 148 Å². The van der Waals surface area contributed by atoms with Gasteiger partial charge in [-0.05, 0) is 37.4 Å². The van der Waals surface area contributed by atoms with Gasteiger partial charge >= 0.3 is 6.09 Å². The van der Waals surface area contributed by atoms with Crippen molar-refractivity contribution in [2.45, 2.75) is 31.3 Å². The number of anilines is 1. The molecular weight excluding hydrogens is 318 g/mol. The molecule has 25 heavy (non-hydrogen) atoms. The van der Waals surface area contributed by atoms with E-state index in [-0.39, 0.29) is 17.6 Å². The first-order valence-corrected chi connectivity index (χ1v) is 9.11. The van der Waals surface area contributed by atoms with Gasteiger partial charge < -0.3 is 14.5 Å². The standard InChI is InChI=1S/C19H25N3O3/c1-20-14-19(25-18(20)24)8-4-10-21(12-9-19)13-17(23)22-11-7-15-5-2-3-6-16(15)22/h2-3,5-6H,4,7-14H2,1H3. The Balaban J connectivity index is 1.38. The van der Waals surface area contributed by atoms with Crippen molar-refractivity contribution in [1.29, 1.82) is 0 Å². The predicted octanol–water partition coefficient (Wildman–Crippen LogP) is 1.88. The fourth-order valence-corrected chi connectivity index (χ4v) is 4.31. The van der Waals surface area contributed by atoms with Gasteiger partial charge in [0, 0.05) is 32.2 Å². The van der Waals surface area contributed by atoms with E-state index in [1.54, 1.807) is 11.9 Å². The summed E-state index contributed by atoms with van der Waals surface area (Å²) in [5.41, 5.74) is 1.96. The van der Waals surface area contributed by atoms with Crippen molar-refractivity contribution in [3.05, 3.63) is 29.8 Å². The van der Waals surface area contributed by atoms with Gasteiger partial charge in [0.2, 0.25) is 5.91 Å². The van der Waals surface area contributed by atoms with Gasteiger partial charge in [0.05, 0.1) is 13.1 Å². The highest BCUT2D eigenvalue weighted by molar-refractivity contribution is 5.96. The number of rotatable bonds is 2. The van der Waals surface area contributed by atoms with Crippen molar-refractivity contribution in [3.8, 4) is 0 Å². The third-order valence-corrected chi connectivity index (χ3v) is 5.68. The van der Waals surface area contributed by atoms with Crippen LogP contribution in [0.25, 0.3) is 0 Å². The third-order valence-electron chi connectivity index (χ3n) is 5.68. The van der Waals surface area contributed by atoms with Crippen LogP contribution in [0, 0.1) is 0 Å². The molecule has 2 fully saturated rings. The second kappa shape index (κ2) is 6.33. The zero-order valence-electron chi connectivity index (χ0n) is 14.7. The summed E-state index contributed by atoms with van der Waals surface area (Å²) in [4.78, 5) is 30.3. The first kappa shape index (κ1) is 16.4. The van der Waals surface area contributed by atoms with Crippen LogP contribution in [-0.4, -0.2) is 67.2 Å². The molecule has 2 amide bonds. The van der Waals surface area contributed by atoms with Crippen molar-refractivity contribution < 1.29 is 14.3 Å². The van der Waals surface area contributed by atoms with E-state index >= 15 is 0 Å². The molecular formula is C19H25N3O3. The van der Waals surface area contributed by atoms with E-state index in [2.05, 4.69) is 11.0 Å². The summed E-state index contributed by atoms with van der Waals surface area (Å²) in [6, 6.07) is 8.15. The largest absolute Gasteiger partial charge is 0.441 e. The first-order chi connectivity index (χ1) is 12.1. The van der Waals surface area contributed by atoms with Crippen molar-refractivity contribution >= 4 is 17.7 Å². The van der Waals surface area contributed by atoms with E-state index in [9.17, 15) is 9.59 Å². The molecule has 6 nitrogen and oxygen atoms in total. The molecule has 3 aliphatic heterocycles. The van der Waals surface area contributed by atoms with Gasteiger partial charge in [0.25, 0.3) is 0 Å². The smallest absolute Gasteiger partial charge is 0.410 e. The molecule has 2 saturated heterocycles. The summed E-state index contributed by atoms with van der Waals surface area (Å²) < 4.78 is 5.65. The highest BCUT2D eigenvalue weighted by Gasteiger charge is 2.44. The summed E-state index contributed by atoms with van der Waals surface area (Å²) in [6.45, 7) is 3.55. The summed E-state index contributed by atoms with van der Waals surface area (Å²) in [7, 11) is 1.79. The predicted molar refractivity (Wildman–Crippen MR) is 94.6 cm³/mol. The molecule has 0 radical (unpaired) electrons. The highest BCUT2D eigenvalue weighted by atomic mass is 16.6. The van der Waals surface area contributed by atoms with E-state index < -0.39 is 0 Å². The number of ether oxygens (including phenoxy) is 1. The number of para-hydroxylation sites is 1. The molecule has 1 atom stereocenters. The molecule has 6 heteroatoms. The molecule has 4 rings (SSSR count). The summed E-state index contributed by atoms with van der Waals surface area (Å²) >= 11 is 0. The zero-order valence-corrected chi connectivity index (χ0v) is 14.7. The molecule has 1 spiro atoms. The van der Waals surface area contributed by atoms with E-state index in [0.29, 0.717) is 13.1 Å². The average Bonchev–Trinajstić information content (AvgIpc) is 3.08. The van der Waals surface area contributed by atoms with Crippen LogP contribution in [0.3, 0.4) is 0 Å². The molecule has 0 bridgehead atoms. The summed E-state index contributed by atoms with van der Waals surface area (Å²) in [6.07, 6.45) is 3.34. The minimum Gasteiger partial charge on any atom is -0.441 e. The average molecular weight is 343 g/mol.